The average Bonchev–Trinajstić information content (AvgIpc) is 2.96. The number of hydrazone groups is 1. The zero-order chi connectivity index (χ0) is 25.3. The number of hydrogen-bond donors (Lipinski definition) is 0. The molecule has 37 heavy (non-hydrogen) atoms. The molecule has 5 aliphatic carbocycles. The van der Waals surface area contributed by atoms with Gasteiger partial charge in [-0.1, -0.05) is 84.0 Å². The van der Waals surface area contributed by atoms with Gasteiger partial charge in [0.05, 0.1) is 0 Å². The van der Waals surface area contributed by atoms with Gasteiger partial charge in [0.15, 0.2) is 0 Å². The van der Waals surface area contributed by atoms with E-state index in [4.69, 9.17) is 5.10 Å². The summed E-state index contributed by atoms with van der Waals surface area (Å²) in [6.07, 6.45) is 35.6. The number of hydrogen-bond acceptors (Lipinski definition) is 3. The Balaban J connectivity index is 1.20. The highest BCUT2D eigenvalue weighted by atomic mass is 15.5. The molecule has 5 rings (SSSR count). The Morgan fingerprint density at radius 3 is 1.46 bits per heavy atom. The molecule has 0 aromatic rings. The van der Waals surface area contributed by atoms with Gasteiger partial charge in [0.2, 0.25) is 0 Å². The van der Waals surface area contributed by atoms with Crippen LogP contribution < -0.4 is 0 Å². The summed E-state index contributed by atoms with van der Waals surface area (Å²) in [6.45, 7) is 5.38. The van der Waals surface area contributed by atoms with Crippen LogP contribution >= 0.6 is 0 Å². The summed E-state index contributed by atoms with van der Waals surface area (Å²) in [5.74, 6) is 3.43. The summed E-state index contributed by atoms with van der Waals surface area (Å²) in [5.41, 5.74) is 0. The van der Waals surface area contributed by atoms with E-state index in [9.17, 15) is 0 Å². The molecule has 0 bridgehead atoms. The van der Waals surface area contributed by atoms with Crippen LogP contribution in [0.2, 0.25) is 0 Å². The Hall–Kier alpha value is -0.570. The first-order chi connectivity index (χ1) is 18.3. The number of nitrogens with zero attached hydrogens (tertiary/aromatic N) is 3. The third-order valence-electron chi connectivity index (χ3n) is 11.4. The van der Waals surface area contributed by atoms with E-state index in [1.54, 1.807) is 0 Å². The minimum Gasteiger partial charge on any atom is -0.300 e. The number of rotatable bonds is 9. The van der Waals surface area contributed by atoms with Crippen molar-refractivity contribution in [3.05, 3.63) is 0 Å². The van der Waals surface area contributed by atoms with Crippen LogP contribution in [0.25, 0.3) is 0 Å². The molecule has 0 aliphatic heterocycles. The third-order valence-corrected chi connectivity index (χ3v) is 11.4. The van der Waals surface area contributed by atoms with Gasteiger partial charge >= 0.3 is 0 Å². The third kappa shape index (κ3) is 8.21. The normalized spacial score (nSPS) is 32.3. The molecule has 3 nitrogen and oxygen atoms in total. The second kappa shape index (κ2) is 14.7. The van der Waals surface area contributed by atoms with Gasteiger partial charge in [-0.2, -0.15) is 5.10 Å². The molecule has 3 unspecified atom stereocenters. The molecule has 5 aliphatic rings. The van der Waals surface area contributed by atoms with Gasteiger partial charge in [-0.05, 0) is 94.3 Å². The van der Waals surface area contributed by atoms with Crippen molar-refractivity contribution in [2.45, 2.75) is 173 Å². The highest BCUT2D eigenvalue weighted by Crippen LogP contribution is 2.36. The average molecular weight is 512 g/mol. The first-order valence-corrected chi connectivity index (χ1v) is 17.3. The molecule has 212 valence electrons. The Kier molecular flexibility index (Phi) is 11.1. The molecule has 0 heterocycles. The maximum absolute atomic E-state index is 5.40. The summed E-state index contributed by atoms with van der Waals surface area (Å²) in [6, 6.07) is 2.28. The second-order valence-corrected chi connectivity index (χ2v) is 14.3. The van der Waals surface area contributed by atoms with Crippen molar-refractivity contribution in [3.63, 3.8) is 0 Å². The Morgan fingerprint density at radius 1 is 0.541 bits per heavy atom. The van der Waals surface area contributed by atoms with Crippen LogP contribution in [-0.2, 0) is 0 Å². The molecule has 3 heteroatoms. The van der Waals surface area contributed by atoms with E-state index in [2.05, 4.69) is 23.0 Å². The van der Waals surface area contributed by atoms with Crippen LogP contribution in [0, 0.1) is 23.7 Å². The lowest BCUT2D eigenvalue weighted by atomic mass is 9.77. The van der Waals surface area contributed by atoms with Crippen molar-refractivity contribution >= 4 is 6.21 Å². The molecule has 0 spiro atoms. The maximum atomic E-state index is 5.40. The molecule has 3 atom stereocenters. The zero-order valence-electron chi connectivity index (χ0n) is 24.6. The summed E-state index contributed by atoms with van der Waals surface area (Å²) in [7, 11) is 0. The molecule has 0 radical (unpaired) electrons. The van der Waals surface area contributed by atoms with Crippen LogP contribution in [0.5, 0.6) is 0 Å². The van der Waals surface area contributed by atoms with Crippen LogP contribution in [0.4, 0.5) is 0 Å². The second-order valence-electron chi connectivity index (χ2n) is 14.3. The Bertz CT molecular complexity index is 614. The predicted octanol–water partition coefficient (Wildman–Crippen LogP) is 9.21. The highest BCUT2D eigenvalue weighted by Gasteiger charge is 2.34. The first-order valence-electron chi connectivity index (χ1n) is 17.3. The van der Waals surface area contributed by atoms with Crippen molar-refractivity contribution in [1.82, 2.24) is 9.91 Å². The Labute approximate surface area is 230 Å². The standard InChI is InChI=1S/C34H61N3/c1-28-24-34(36(26-29-14-6-2-7-15-29)27-30-16-8-3-9-17-30)23-22-31(28)25-35-37(32-18-10-4-11-19-32)33-20-12-5-13-21-33/h25,28-34H,2-24,26-27H2,1H3. The van der Waals surface area contributed by atoms with E-state index >= 15 is 0 Å². The van der Waals surface area contributed by atoms with Crippen molar-refractivity contribution in [2.24, 2.45) is 28.8 Å². The van der Waals surface area contributed by atoms with Gasteiger partial charge in [-0.3, -0.25) is 9.91 Å². The van der Waals surface area contributed by atoms with E-state index in [1.807, 2.05) is 0 Å². The molecule has 0 amide bonds. The lowest BCUT2D eigenvalue weighted by molar-refractivity contribution is 0.0708. The SMILES string of the molecule is CC1CC(N(CC2CCCCC2)CC2CCCCC2)CCC1C=NN(C1CCCCC1)C1CCCCC1. The summed E-state index contributed by atoms with van der Waals surface area (Å²) >= 11 is 0. The molecule has 0 aromatic heterocycles. The van der Waals surface area contributed by atoms with Crippen molar-refractivity contribution < 1.29 is 0 Å². The van der Waals surface area contributed by atoms with Gasteiger partial charge in [0.25, 0.3) is 0 Å². The van der Waals surface area contributed by atoms with Crippen LogP contribution in [0.3, 0.4) is 0 Å². The van der Waals surface area contributed by atoms with Crippen molar-refractivity contribution in [3.8, 4) is 0 Å². The van der Waals surface area contributed by atoms with E-state index in [0.717, 1.165) is 35.9 Å². The Morgan fingerprint density at radius 2 is 1.00 bits per heavy atom. The maximum Gasteiger partial charge on any atom is 0.0473 e. The van der Waals surface area contributed by atoms with E-state index in [0.29, 0.717) is 5.92 Å². The molecule has 0 N–H and O–H groups in total. The van der Waals surface area contributed by atoms with Gasteiger partial charge < -0.3 is 0 Å². The molecule has 0 aromatic carbocycles. The van der Waals surface area contributed by atoms with Crippen LogP contribution in [0.15, 0.2) is 5.10 Å². The molecule has 0 saturated heterocycles. The van der Waals surface area contributed by atoms with E-state index in [1.165, 1.54) is 161 Å². The van der Waals surface area contributed by atoms with Crippen molar-refractivity contribution in [2.75, 3.05) is 13.1 Å². The smallest absolute Gasteiger partial charge is 0.0473 e. The van der Waals surface area contributed by atoms with Gasteiger partial charge in [0.1, 0.15) is 0 Å². The highest BCUT2D eigenvalue weighted by molar-refractivity contribution is 5.61. The fourth-order valence-electron chi connectivity index (χ4n) is 9.06. The van der Waals surface area contributed by atoms with Gasteiger partial charge in [0, 0.05) is 37.4 Å². The monoisotopic (exact) mass is 511 g/mol. The van der Waals surface area contributed by atoms with E-state index in [-0.39, 0.29) is 0 Å². The molecular formula is C34H61N3. The first kappa shape index (κ1) is 28.0. The minimum absolute atomic E-state index is 0.692. The molecular weight excluding hydrogens is 450 g/mol. The van der Waals surface area contributed by atoms with Gasteiger partial charge in [-0.15, -0.1) is 0 Å². The van der Waals surface area contributed by atoms with Crippen LogP contribution in [-0.4, -0.2) is 47.3 Å². The predicted molar refractivity (Wildman–Crippen MR) is 159 cm³/mol. The molecule has 5 fully saturated rings. The summed E-state index contributed by atoms with van der Waals surface area (Å²) in [5, 5.41) is 8.06. The minimum atomic E-state index is 0.692. The van der Waals surface area contributed by atoms with Crippen LogP contribution in [0.1, 0.15) is 155 Å². The van der Waals surface area contributed by atoms with E-state index < -0.39 is 0 Å². The lowest BCUT2D eigenvalue weighted by Gasteiger charge is -2.43. The lowest BCUT2D eigenvalue weighted by Crippen LogP contribution is -2.46. The fraction of sp³-hybridized carbons (Fsp3) is 0.971. The topological polar surface area (TPSA) is 18.8 Å². The van der Waals surface area contributed by atoms with Crippen molar-refractivity contribution in [1.29, 1.82) is 0 Å². The quantitative estimate of drug-likeness (QED) is 0.227. The van der Waals surface area contributed by atoms with Gasteiger partial charge in [-0.25, -0.2) is 0 Å². The largest absolute Gasteiger partial charge is 0.300 e. The zero-order valence-corrected chi connectivity index (χ0v) is 24.6. The summed E-state index contributed by atoms with van der Waals surface area (Å²) < 4.78 is 0. The fourth-order valence-corrected chi connectivity index (χ4v) is 9.06. The summed E-state index contributed by atoms with van der Waals surface area (Å²) in [4.78, 5) is 3.05. The molecule has 5 saturated carbocycles.